The molecule has 0 saturated carbocycles. The van der Waals surface area contributed by atoms with E-state index in [9.17, 15) is 9.18 Å². The van der Waals surface area contributed by atoms with E-state index in [-0.39, 0.29) is 12.0 Å². The molecule has 5 nitrogen and oxygen atoms in total. The highest BCUT2D eigenvalue weighted by atomic mass is 19.1. The quantitative estimate of drug-likeness (QED) is 0.865. The number of nitrogens with two attached hydrogens (primary N) is 1. The van der Waals surface area contributed by atoms with Gasteiger partial charge in [-0.3, -0.25) is 9.69 Å². The van der Waals surface area contributed by atoms with Gasteiger partial charge >= 0.3 is 0 Å². The monoisotopic (exact) mass is 381 g/mol. The molecule has 1 unspecified atom stereocenters. The molecule has 1 atom stereocenters. The Morgan fingerprint density at radius 3 is 2.71 bits per heavy atom. The summed E-state index contributed by atoms with van der Waals surface area (Å²) in [4.78, 5) is 16.2. The van der Waals surface area contributed by atoms with Gasteiger partial charge in [0.25, 0.3) is 0 Å². The predicted molar refractivity (Wildman–Crippen MR) is 107 cm³/mol. The third-order valence-electron chi connectivity index (χ3n) is 5.40. The van der Waals surface area contributed by atoms with Gasteiger partial charge in [0.15, 0.2) is 6.23 Å². The zero-order valence-electron chi connectivity index (χ0n) is 15.7. The standard InChI is InChI=1S/C22H24FN3O2/c23-18-6-7-19(22(24)27)17(15-18)9-10-25-11-13-26(14-12-25)21-8-5-16-3-1-2-4-20(16)28-21/h1-8,15,21H,9-14H2,(H2,24,27). The number of fused-ring (bicyclic) bond motifs is 1. The molecule has 2 heterocycles. The van der Waals surface area contributed by atoms with E-state index in [4.69, 9.17) is 10.5 Å². The molecule has 146 valence electrons. The summed E-state index contributed by atoms with van der Waals surface area (Å²) in [5.74, 6) is 0.0650. The van der Waals surface area contributed by atoms with E-state index in [1.807, 2.05) is 24.3 Å². The zero-order chi connectivity index (χ0) is 19.5. The van der Waals surface area contributed by atoms with Gasteiger partial charge in [0, 0.05) is 43.9 Å². The molecule has 2 aliphatic rings. The number of nitrogens with zero attached hydrogens (tertiary/aromatic N) is 2. The number of rotatable bonds is 5. The minimum Gasteiger partial charge on any atom is -0.471 e. The van der Waals surface area contributed by atoms with Crippen LogP contribution < -0.4 is 10.5 Å². The van der Waals surface area contributed by atoms with Crippen LogP contribution in [0, 0.1) is 5.82 Å². The van der Waals surface area contributed by atoms with Gasteiger partial charge in [-0.2, -0.15) is 0 Å². The van der Waals surface area contributed by atoms with Crippen molar-refractivity contribution in [3.63, 3.8) is 0 Å². The topological polar surface area (TPSA) is 58.8 Å². The number of amides is 1. The molecule has 2 aromatic rings. The second-order valence-electron chi connectivity index (χ2n) is 7.20. The van der Waals surface area contributed by atoms with Crippen LogP contribution in [0.2, 0.25) is 0 Å². The maximum atomic E-state index is 13.5. The van der Waals surface area contributed by atoms with E-state index in [1.54, 1.807) is 0 Å². The highest BCUT2D eigenvalue weighted by molar-refractivity contribution is 5.94. The van der Waals surface area contributed by atoms with Crippen molar-refractivity contribution in [1.82, 2.24) is 9.80 Å². The van der Waals surface area contributed by atoms with Crippen LogP contribution in [0.1, 0.15) is 21.5 Å². The highest BCUT2D eigenvalue weighted by Gasteiger charge is 2.25. The normalized spacial score (nSPS) is 19.8. The van der Waals surface area contributed by atoms with Crippen molar-refractivity contribution in [2.45, 2.75) is 12.6 Å². The van der Waals surface area contributed by atoms with Crippen LogP contribution in [-0.2, 0) is 6.42 Å². The van der Waals surface area contributed by atoms with Crippen LogP contribution in [0.4, 0.5) is 4.39 Å². The molecule has 2 aliphatic heterocycles. The summed E-state index contributed by atoms with van der Waals surface area (Å²) < 4.78 is 19.7. The Kier molecular flexibility index (Phi) is 5.41. The summed E-state index contributed by atoms with van der Waals surface area (Å²) in [5, 5.41) is 0. The van der Waals surface area contributed by atoms with Crippen molar-refractivity contribution in [3.8, 4) is 5.75 Å². The first-order valence-electron chi connectivity index (χ1n) is 9.59. The number of halogens is 1. The number of ether oxygens (including phenoxy) is 1. The number of piperazine rings is 1. The summed E-state index contributed by atoms with van der Waals surface area (Å²) in [6.07, 6.45) is 4.78. The van der Waals surface area contributed by atoms with Gasteiger partial charge in [0.05, 0.1) is 0 Å². The van der Waals surface area contributed by atoms with Crippen molar-refractivity contribution in [2.24, 2.45) is 5.73 Å². The first kappa shape index (κ1) is 18.7. The van der Waals surface area contributed by atoms with Crippen molar-refractivity contribution in [2.75, 3.05) is 32.7 Å². The van der Waals surface area contributed by atoms with Crippen molar-refractivity contribution in [3.05, 3.63) is 71.0 Å². The molecule has 0 radical (unpaired) electrons. The fourth-order valence-corrected chi connectivity index (χ4v) is 3.81. The summed E-state index contributed by atoms with van der Waals surface area (Å²) in [7, 11) is 0. The Labute approximate surface area is 164 Å². The van der Waals surface area contributed by atoms with Gasteiger partial charge in [0.2, 0.25) is 5.91 Å². The Morgan fingerprint density at radius 1 is 1.14 bits per heavy atom. The van der Waals surface area contributed by atoms with E-state index in [0.29, 0.717) is 17.5 Å². The minimum absolute atomic E-state index is 0.0401. The first-order valence-corrected chi connectivity index (χ1v) is 9.59. The van der Waals surface area contributed by atoms with Crippen molar-refractivity contribution in [1.29, 1.82) is 0 Å². The molecular formula is C22H24FN3O2. The summed E-state index contributed by atoms with van der Waals surface area (Å²) in [6, 6.07) is 12.2. The average Bonchev–Trinajstić information content (AvgIpc) is 2.72. The van der Waals surface area contributed by atoms with Crippen LogP contribution in [0.15, 0.2) is 48.5 Å². The molecule has 2 N–H and O–H groups in total. The minimum atomic E-state index is -0.513. The number of primary amides is 1. The second kappa shape index (κ2) is 8.12. The van der Waals surface area contributed by atoms with E-state index in [0.717, 1.165) is 44.0 Å². The lowest BCUT2D eigenvalue weighted by molar-refractivity contribution is 0.0202. The molecule has 1 saturated heterocycles. The lowest BCUT2D eigenvalue weighted by Crippen LogP contribution is -2.52. The molecule has 6 heteroatoms. The molecule has 0 aliphatic carbocycles. The second-order valence-corrected chi connectivity index (χ2v) is 7.20. The Hall–Kier alpha value is -2.70. The van der Waals surface area contributed by atoms with Gasteiger partial charge in [-0.25, -0.2) is 4.39 Å². The fourth-order valence-electron chi connectivity index (χ4n) is 3.81. The van der Waals surface area contributed by atoms with Crippen LogP contribution in [0.3, 0.4) is 0 Å². The summed E-state index contributed by atoms with van der Waals surface area (Å²) in [6.45, 7) is 4.35. The SMILES string of the molecule is NC(=O)c1ccc(F)cc1CCN1CCN(C2C=Cc3ccccc3O2)CC1. The smallest absolute Gasteiger partial charge is 0.248 e. The van der Waals surface area contributed by atoms with E-state index < -0.39 is 5.91 Å². The van der Waals surface area contributed by atoms with Crippen LogP contribution in [0.5, 0.6) is 5.75 Å². The summed E-state index contributed by atoms with van der Waals surface area (Å²) >= 11 is 0. The molecule has 1 amide bonds. The van der Waals surface area contributed by atoms with Crippen LogP contribution in [-0.4, -0.2) is 54.7 Å². The number of carbonyl (C=O) groups excluding carboxylic acids is 1. The van der Waals surface area contributed by atoms with Gasteiger partial charge in [0.1, 0.15) is 11.6 Å². The molecule has 4 rings (SSSR count). The molecule has 28 heavy (non-hydrogen) atoms. The number of benzene rings is 2. The zero-order valence-corrected chi connectivity index (χ0v) is 15.7. The van der Waals surface area contributed by atoms with E-state index in [1.165, 1.54) is 18.2 Å². The van der Waals surface area contributed by atoms with Crippen molar-refractivity contribution >= 4 is 12.0 Å². The summed E-state index contributed by atoms with van der Waals surface area (Å²) in [5.41, 5.74) is 7.59. The molecule has 0 bridgehead atoms. The first-order chi connectivity index (χ1) is 13.6. The van der Waals surface area contributed by atoms with Gasteiger partial charge in [-0.1, -0.05) is 24.3 Å². The Balaban J connectivity index is 1.31. The fraction of sp³-hybridized carbons (Fsp3) is 0.318. The molecule has 1 fully saturated rings. The average molecular weight is 381 g/mol. The molecule has 0 spiro atoms. The Bertz CT molecular complexity index is 891. The predicted octanol–water partition coefficient (Wildman–Crippen LogP) is 2.52. The molecule has 0 aromatic heterocycles. The third-order valence-corrected chi connectivity index (χ3v) is 5.40. The largest absolute Gasteiger partial charge is 0.471 e. The Morgan fingerprint density at radius 2 is 1.93 bits per heavy atom. The number of para-hydroxylation sites is 1. The van der Waals surface area contributed by atoms with E-state index in [2.05, 4.69) is 22.0 Å². The maximum absolute atomic E-state index is 13.5. The van der Waals surface area contributed by atoms with Gasteiger partial charge < -0.3 is 15.4 Å². The maximum Gasteiger partial charge on any atom is 0.248 e. The number of hydrogen-bond donors (Lipinski definition) is 1. The van der Waals surface area contributed by atoms with E-state index >= 15 is 0 Å². The highest BCUT2D eigenvalue weighted by Crippen LogP contribution is 2.27. The number of hydrogen-bond acceptors (Lipinski definition) is 4. The van der Waals surface area contributed by atoms with Crippen LogP contribution in [0.25, 0.3) is 6.08 Å². The number of carbonyl (C=O) groups is 1. The van der Waals surface area contributed by atoms with Gasteiger partial charge in [-0.15, -0.1) is 0 Å². The molecular weight excluding hydrogens is 357 g/mol. The van der Waals surface area contributed by atoms with Crippen molar-refractivity contribution < 1.29 is 13.9 Å². The molecule has 2 aromatic carbocycles. The lowest BCUT2D eigenvalue weighted by Gasteiger charge is -2.39. The lowest BCUT2D eigenvalue weighted by atomic mass is 10.0. The van der Waals surface area contributed by atoms with Crippen LogP contribution >= 0.6 is 0 Å². The van der Waals surface area contributed by atoms with Gasteiger partial charge in [-0.05, 0) is 42.3 Å². The third kappa shape index (κ3) is 4.08.